The molecule has 0 fully saturated rings. The highest BCUT2D eigenvalue weighted by Crippen LogP contribution is 2.14. The molecular weight excluding hydrogens is 270 g/mol. The highest BCUT2D eigenvalue weighted by atomic mass is 79.9. The Morgan fingerprint density at radius 3 is 2.69 bits per heavy atom. The number of aromatic nitrogens is 2. The topological polar surface area (TPSA) is 46.9 Å². The predicted molar refractivity (Wildman–Crippen MR) is 67.9 cm³/mol. The molecule has 16 heavy (non-hydrogen) atoms. The minimum atomic E-state index is -0.213. The van der Waals surface area contributed by atoms with Crippen LogP contribution in [0.25, 0.3) is 0 Å². The van der Waals surface area contributed by atoms with Gasteiger partial charge in [-0.3, -0.25) is 9.48 Å². The zero-order chi connectivity index (χ0) is 12.3. The van der Waals surface area contributed by atoms with E-state index in [2.05, 4.69) is 33.3 Å². The number of nitrogens with one attached hydrogen (secondary N) is 1. The summed E-state index contributed by atoms with van der Waals surface area (Å²) in [4.78, 5) is 12.0. The van der Waals surface area contributed by atoms with Crippen molar-refractivity contribution in [1.82, 2.24) is 15.1 Å². The van der Waals surface area contributed by atoms with Gasteiger partial charge in [0, 0.05) is 17.9 Å². The summed E-state index contributed by atoms with van der Waals surface area (Å²) >= 11 is 3.42. The number of carbonyl (C=O) groups excluding carboxylic acids is 1. The minimum absolute atomic E-state index is 0.0769. The van der Waals surface area contributed by atoms with E-state index in [1.165, 1.54) is 0 Å². The van der Waals surface area contributed by atoms with Gasteiger partial charge in [0.2, 0.25) is 0 Å². The number of carbonyl (C=O) groups is 1. The van der Waals surface area contributed by atoms with Crippen molar-refractivity contribution in [3.05, 3.63) is 17.5 Å². The van der Waals surface area contributed by atoms with Gasteiger partial charge in [0.15, 0.2) is 0 Å². The normalized spacial score (nSPS) is 14.6. The summed E-state index contributed by atoms with van der Waals surface area (Å²) in [6, 6.07) is 1.79. The molecule has 0 aliphatic rings. The van der Waals surface area contributed by atoms with Crippen LogP contribution in [-0.4, -0.2) is 26.6 Å². The molecule has 0 aromatic carbocycles. The molecular formula is C11H18BrN3O. The SMILES string of the molecule is CCC(C)(CBr)NC(=O)c1cc(C)nn1C. The molecule has 0 spiro atoms. The van der Waals surface area contributed by atoms with Gasteiger partial charge >= 0.3 is 0 Å². The van der Waals surface area contributed by atoms with Gasteiger partial charge in [-0.2, -0.15) is 5.10 Å². The molecule has 0 radical (unpaired) electrons. The van der Waals surface area contributed by atoms with Crippen molar-refractivity contribution in [3.63, 3.8) is 0 Å². The molecule has 0 aliphatic heterocycles. The Kier molecular flexibility index (Phi) is 4.13. The summed E-state index contributed by atoms with van der Waals surface area (Å²) in [7, 11) is 1.78. The zero-order valence-electron chi connectivity index (χ0n) is 10.2. The second kappa shape index (κ2) is 4.99. The van der Waals surface area contributed by atoms with Crippen LogP contribution in [0.3, 0.4) is 0 Å². The lowest BCUT2D eigenvalue weighted by atomic mass is 10.0. The second-order valence-corrected chi connectivity index (χ2v) is 4.86. The number of amides is 1. The van der Waals surface area contributed by atoms with Crippen LogP contribution < -0.4 is 5.32 Å². The van der Waals surface area contributed by atoms with E-state index in [0.717, 1.165) is 17.4 Å². The number of hydrogen-bond acceptors (Lipinski definition) is 2. The largest absolute Gasteiger partial charge is 0.345 e. The van der Waals surface area contributed by atoms with Crippen LogP contribution in [0, 0.1) is 6.92 Å². The van der Waals surface area contributed by atoms with Crippen molar-refractivity contribution in [3.8, 4) is 0 Å². The summed E-state index contributed by atoms with van der Waals surface area (Å²) in [5.74, 6) is -0.0769. The third-order valence-electron chi connectivity index (χ3n) is 2.73. The number of nitrogens with zero attached hydrogens (tertiary/aromatic N) is 2. The number of alkyl halides is 1. The van der Waals surface area contributed by atoms with Gasteiger partial charge in [-0.05, 0) is 26.3 Å². The maximum absolute atomic E-state index is 12.0. The van der Waals surface area contributed by atoms with E-state index >= 15 is 0 Å². The Hall–Kier alpha value is -0.840. The predicted octanol–water partition coefficient (Wildman–Crippen LogP) is 2.02. The van der Waals surface area contributed by atoms with Crippen molar-refractivity contribution < 1.29 is 4.79 Å². The van der Waals surface area contributed by atoms with Gasteiger partial charge < -0.3 is 5.32 Å². The maximum atomic E-state index is 12.0. The first kappa shape index (κ1) is 13.2. The number of aryl methyl sites for hydroxylation is 2. The molecule has 90 valence electrons. The molecule has 0 saturated carbocycles. The average molecular weight is 288 g/mol. The molecule has 0 aliphatic carbocycles. The Balaban J connectivity index is 2.84. The fourth-order valence-corrected chi connectivity index (χ4v) is 1.91. The van der Waals surface area contributed by atoms with Crippen molar-refractivity contribution in [1.29, 1.82) is 0 Å². The van der Waals surface area contributed by atoms with E-state index in [0.29, 0.717) is 5.69 Å². The standard InChI is InChI=1S/C11H18BrN3O/c1-5-11(3,7-12)13-10(16)9-6-8(2)14-15(9)4/h6H,5,7H2,1-4H3,(H,13,16). The Bertz CT molecular complexity index is 383. The van der Waals surface area contributed by atoms with Gasteiger partial charge in [-0.15, -0.1) is 0 Å². The third kappa shape index (κ3) is 2.84. The highest BCUT2D eigenvalue weighted by molar-refractivity contribution is 9.09. The number of rotatable bonds is 4. The van der Waals surface area contributed by atoms with Gasteiger partial charge in [0.05, 0.1) is 5.69 Å². The van der Waals surface area contributed by atoms with E-state index in [1.54, 1.807) is 17.8 Å². The highest BCUT2D eigenvalue weighted by Gasteiger charge is 2.24. The third-order valence-corrected chi connectivity index (χ3v) is 3.96. The van der Waals surface area contributed by atoms with E-state index in [9.17, 15) is 4.79 Å². The molecule has 0 bridgehead atoms. The lowest BCUT2D eigenvalue weighted by Crippen LogP contribution is -2.47. The zero-order valence-corrected chi connectivity index (χ0v) is 11.8. The molecule has 1 amide bonds. The van der Waals surface area contributed by atoms with E-state index < -0.39 is 0 Å². The van der Waals surface area contributed by atoms with Crippen LogP contribution in [0.15, 0.2) is 6.07 Å². The lowest BCUT2D eigenvalue weighted by Gasteiger charge is -2.27. The van der Waals surface area contributed by atoms with Crippen molar-refractivity contribution in [2.24, 2.45) is 7.05 Å². The monoisotopic (exact) mass is 287 g/mol. The first-order valence-corrected chi connectivity index (χ1v) is 6.43. The summed E-state index contributed by atoms with van der Waals surface area (Å²) in [6.45, 7) is 5.94. The van der Waals surface area contributed by atoms with E-state index in [4.69, 9.17) is 0 Å². The number of hydrogen-bond donors (Lipinski definition) is 1. The van der Waals surface area contributed by atoms with Crippen LogP contribution >= 0.6 is 15.9 Å². The molecule has 4 nitrogen and oxygen atoms in total. The van der Waals surface area contributed by atoms with Crippen molar-refractivity contribution in [2.75, 3.05) is 5.33 Å². The first-order chi connectivity index (χ1) is 7.41. The quantitative estimate of drug-likeness (QED) is 0.862. The van der Waals surface area contributed by atoms with Crippen LogP contribution in [0.2, 0.25) is 0 Å². The molecule has 1 heterocycles. The summed E-state index contributed by atoms with van der Waals surface area (Å²) in [5.41, 5.74) is 1.23. The molecule has 1 N–H and O–H groups in total. The first-order valence-electron chi connectivity index (χ1n) is 5.31. The van der Waals surface area contributed by atoms with Gasteiger partial charge in [0.1, 0.15) is 5.69 Å². The lowest BCUT2D eigenvalue weighted by molar-refractivity contribution is 0.0903. The Morgan fingerprint density at radius 1 is 1.69 bits per heavy atom. The molecule has 1 aromatic rings. The van der Waals surface area contributed by atoms with Gasteiger partial charge in [-0.1, -0.05) is 22.9 Å². The van der Waals surface area contributed by atoms with Crippen molar-refractivity contribution >= 4 is 21.8 Å². The molecule has 5 heteroatoms. The second-order valence-electron chi connectivity index (χ2n) is 4.30. The van der Waals surface area contributed by atoms with Crippen LogP contribution in [0.4, 0.5) is 0 Å². The smallest absolute Gasteiger partial charge is 0.269 e. The number of halogens is 1. The minimum Gasteiger partial charge on any atom is -0.345 e. The van der Waals surface area contributed by atoms with Gasteiger partial charge in [0.25, 0.3) is 5.91 Å². The van der Waals surface area contributed by atoms with Gasteiger partial charge in [-0.25, -0.2) is 0 Å². The maximum Gasteiger partial charge on any atom is 0.269 e. The summed E-state index contributed by atoms with van der Waals surface area (Å²) < 4.78 is 1.61. The van der Waals surface area contributed by atoms with E-state index in [1.807, 2.05) is 13.8 Å². The average Bonchev–Trinajstić information content (AvgIpc) is 2.57. The van der Waals surface area contributed by atoms with Crippen LogP contribution in [0.5, 0.6) is 0 Å². The Morgan fingerprint density at radius 2 is 2.31 bits per heavy atom. The Labute approximate surface area is 105 Å². The molecule has 1 aromatic heterocycles. The molecule has 1 atom stereocenters. The summed E-state index contributed by atoms with van der Waals surface area (Å²) in [5, 5.41) is 7.91. The van der Waals surface area contributed by atoms with Crippen LogP contribution in [0.1, 0.15) is 36.5 Å². The van der Waals surface area contributed by atoms with Crippen LogP contribution in [-0.2, 0) is 7.05 Å². The molecule has 1 unspecified atom stereocenters. The van der Waals surface area contributed by atoms with E-state index in [-0.39, 0.29) is 11.4 Å². The molecule has 1 rings (SSSR count). The fraction of sp³-hybridized carbons (Fsp3) is 0.636. The molecule has 0 saturated heterocycles. The fourth-order valence-electron chi connectivity index (χ4n) is 1.38. The summed E-state index contributed by atoms with van der Waals surface area (Å²) in [6.07, 6.45) is 0.876. The van der Waals surface area contributed by atoms with Crippen molar-refractivity contribution in [2.45, 2.75) is 32.7 Å².